The van der Waals surface area contributed by atoms with Crippen LogP contribution in [0.3, 0.4) is 0 Å². The van der Waals surface area contributed by atoms with Crippen LogP contribution in [0.5, 0.6) is 0 Å². The van der Waals surface area contributed by atoms with Crippen LogP contribution in [-0.2, 0) is 4.79 Å². The summed E-state index contributed by atoms with van der Waals surface area (Å²) in [6.45, 7) is 0. The number of fused-ring (bicyclic) bond motifs is 1. The largest absolute Gasteiger partial charge is 0.370 e. The zero-order valence-electron chi connectivity index (χ0n) is 9.06. The first-order valence-corrected chi connectivity index (χ1v) is 5.96. The third-order valence-electron chi connectivity index (χ3n) is 2.57. The lowest BCUT2D eigenvalue weighted by Crippen LogP contribution is -2.21. The summed E-state index contributed by atoms with van der Waals surface area (Å²) >= 11 is 3.46. The second-order valence-electron chi connectivity index (χ2n) is 3.81. The minimum absolute atomic E-state index is 0.118. The number of hydrogen-bond acceptors (Lipinski definition) is 3. The van der Waals surface area contributed by atoms with E-state index in [1.54, 1.807) is 6.20 Å². The van der Waals surface area contributed by atoms with Crippen LogP contribution in [0.15, 0.2) is 34.9 Å². The van der Waals surface area contributed by atoms with Crippen molar-refractivity contribution in [1.82, 2.24) is 4.98 Å². The van der Waals surface area contributed by atoms with E-state index in [0.29, 0.717) is 0 Å². The molecule has 1 aromatic carbocycles. The van der Waals surface area contributed by atoms with Gasteiger partial charge in [-0.15, -0.1) is 0 Å². The highest BCUT2D eigenvalue weighted by atomic mass is 79.9. The maximum atomic E-state index is 10.9. The Hall–Kier alpha value is -1.46. The lowest BCUT2D eigenvalue weighted by atomic mass is 10.0. The first-order chi connectivity index (χ1) is 8.09. The zero-order valence-corrected chi connectivity index (χ0v) is 10.6. The third-order valence-corrected chi connectivity index (χ3v) is 3.26. The highest BCUT2D eigenvalue weighted by Crippen LogP contribution is 2.28. The Morgan fingerprint density at radius 1 is 1.41 bits per heavy atom. The van der Waals surface area contributed by atoms with E-state index in [-0.39, 0.29) is 6.42 Å². The summed E-state index contributed by atoms with van der Waals surface area (Å²) in [5, 5.41) is 0.977. The molecule has 5 heteroatoms. The summed E-state index contributed by atoms with van der Waals surface area (Å²) in [6.07, 6.45) is 1.82. The molecule has 1 atom stereocenters. The van der Waals surface area contributed by atoms with Gasteiger partial charge in [-0.05, 0) is 17.7 Å². The summed E-state index contributed by atoms with van der Waals surface area (Å²) in [5.41, 5.74) is 12.7. The van der Waals surface area contributed by atoms with E-state index < -0.39 is 11.9 Å². The van der Waals surface area contributed by atoms with Crippen molar-refractivity contribution in [3.05, 3.63) is 40.5 Å². The van der Waals surface area contributed by atoms with Gasteiger partial charge in [0.1, 0.15) is 0 Å². The Labute approximate surface area is 107 Å². The number of nitrogens with two attached hydrogens (primary N) is 2. The number of rotatable bonds is 3. The molecule has 1 amide bonds. The summed E-state index contributed by atoms with van der Waals surface area (Å²) in [5.74, 6) is -0.413. The Bertz CT molecular complexity index is 571. The van der Waals surface area contributed by atoms with Crippen LogP contribution in [0, 0.1) is 0 Å². The van der Waals surface area contributed by atoms with Crippen LogP contribution in [0.4, 0.5) is 0 Å². The fourth-order valence-corrected chi connectivity index (χ4v) is 2.24. The van der Waals surface area contributed by atoms with Gasteiger partial charge in [0.05, 0.1) is 5.52 Å². The minimum Gasteiger partial charge on any atom is -0.370 e. The van der Waals surface area contributed by atoms with Gasteiger partial charge >= 0.3 is 0 Å². The first-order valence-electron chi connectivity index (χ1n) is 5.16. The molecule has 4 N–H and O–H groups in total. The second kappa shape index (κ2) is 4.81. The van der Waals surface area contributed by atoms with Crippen LogP contribution in [0.25, 0.3) is 10.9 Å². The number of amides is 1. The lowest BCUT2D eigenvalue weighted by Gasteiger charge is -2.13. The fourth-order valence-electron chi connectivity index (χ4n) is 1.79. The molecule has 0 saturated carbocycles. The normalized spacial score (nSPS) is 12.6. The number of pyridine rings is 1. The smallest absolute Gasteiger partial charge is 0.219 e. The monoisotopic (exact) mass is 293 g/mol. The van der Waals surface area contributed by atoms with Crippen molar-refractivity contribution in [2.75, 3.05) is 0 Å². The molecule has 0 saturated heterocycles. The van der Waals surface area contributed by atoms with Crippen LogP contribution in [0.1, 0.15) is 18.0 Å². The van der Waals surface area contributed by atoms with Crippen molar-refractivity contribution < 1.29 is 4.79 Å². The third kappa shape index (κ3) is 2.45. The molecule has 0 aliphatic carbocycles. The molecular formula is C12H12BrN3O. The summed E-state index contributed by atoms with van der Waals surface area (Å²) in [6, 6.07) is 7.16. The Morgan fingerprint density at radius 3 is 2.88 bits per heavy atom. The summed E-state index contributed by atoms with van der Waals surface area (Å²) in [4.78, 5) is 15.2. The van der Waals surface area contributed by atoms with E-state index in [2.05, 4.69) is 20.9 Å². The molecule has 2 rings (SSSR count). The number of primary amides is 1. The molecule has 0 bridgehead atoms. The lowest BCUT2D eigenvalue weighted by molar-refractivity contribution is -0.118. The SMILES string of the molecule is NC(=O)C[C@@H](N)c1ccc(Br)c2cccnc12. The van der Waals surface area contributed by atoms with Crippen molar-refractivity contribution in [3.8, 4) is 0 Å². The summed E-state index contributed by atoms with van der Waals surface area (Å²) in [7, 11) is 0. The van der Waals surface area contributed by atoms with Crippen LogP contribution >= 0.6 is 15.9 Å². The molecule has 1 aromatic heterocycles. The van der Waals surface area contributed by atoms with Crippen molar-refractivity contribution in [1.29, 1.82) is 0 Å². The molecule has 0 aliphatic rings. The number of hydrogen-bond donors (Lipinski definition) is 2. The van der Waals surface area contributed by atoms with Crippen molar-refractivity contribution in [3.63, 3.8) is 0 Å². The van der Waals surface area contributed by atoms with Gasteiger partial charge < -0.3 is 11.5 Å². The molecule has 1 heterocycles. The van der Waals surface area contributed by atoms with Crippen LogP contribution in [0.2, 0.25) is 0 Å². The molecule has 4 nitrogen and oxygen atoms in total. The van der Waals surface area contributed by atoms with Gasteiger partial charge in [-0.2, -0.15) is 0 Å². The first kappa shape index (κ1) is 12.0. The Kier molecular flexibility index (Phi) is 3.40. The number of carbonyl (C=O) groups excluding carboxylic acids is 1. The van der Waals surface area contributed by atoms with Crippen LogP contribution < -0.4 is 11.5 Å². The average Bonchev–Trinajstić information content (AvgIpc) is 2.29. The molecule has 0 radical (unpaired) electrons. The maximum Gasteiger partial charge on any atom is 0.219 e. The number of halogens is 1. The molecule has 0 fully saturated rings. The second-order valence-corrected chi connectivity index (χ2v) is 4.67. The maximum absolute atomic E-state index is 10.9. The molecule has 0 unspecified atom stereocenters. The minimum atomic E-state index is -0.419. The Morgan fingerprint density at radius 2 is 2.18 bits per heavy atom. The van der Waals surface area contributed by atoms with Gasteiger partial charge in [0, 0.05) is 28.5 Å². The number of aromatic nitrogens is 1. The van der Waals surface area contributed by atoms with Gasteiger partial charge in [0.15, 0.2) is 0 Å². The van der Waals surface area contributed by atoms with E-state index >= 15 is 0 Å². The van der Waals surface area contributed by atoms with Crippen molar-refractivity contribution >= 4 is 32.7 Å². The quantitative estimate of drug-likeness (QED) is 0.906. The molecule has 0 spiro atoms. The fraction of sp³-hybridized carbons (Fsp3) is 0.167. The zero-order chi connectivity index (χ0) is 12.4. The molecule has 88 valence electrons. The van der Waals surface area contributed by atoms with Crippen LogP contribution in [-0.4, -0.2) is 10.9 Å². The topological polar surface area (TPSA) is 82.0 Å². The van der Waals surface area contributed by atoms with Gasteiger partial charge in [0.2, 0.25) is 5.91 Å². The van der Waals surface area contributed by atoms with Crippen molar-refractivity contribution in [2.45, 2.75) is 12.5 Å². The Balaban J connectivity index is 2.55. The van der Waals surface area contributed by atoms with Gasteiger partial charge in [0.25, 0.3) is 0 Å². The van der Waals surface area contributed by atoms with Gasteiger partial charge in [-0.1, -0.05) is 28.1 Å². The summed E-state index contributed by atoms with van der Waals surface area (Å²) < 4.78 is 0.954. The van der Waals surface area contributed by atoms with E-state index in [9.17, 15) is 4.79 Å². The van der Waals surface area contributed by atoms with Crippen molar-refractivity contribution in [2.24, 2.45) is 11.5 Å². The van der Waals surface area contributed by atoms with E-state index in [0.717, 1.165) is 20.9 Å². The van der Waals surface area contributed by atoms with Gasteiger partial charge in [-0.3, -0.25) is 9.78 Å². The number of carbonyl (C=O) groups is 1. The molecule has 17 heavy (non-hydrogen) atoms. The van der Waals surface area contributed by atoms with E-state index in [1.807, 2.05) is 24.3 Å². The molecule has 0 aliphatic heterocycles. The van der Waals surface area contributed by atoms with Gasteiger partial charge in [-0.25, -0.2) is 0 Å². The molecular weight excluding hydrogens is 282 g/mol. The average molecular weight is 294 g/mol. The highest BCUT2D eigenvalue weighted by Gasteiger charge is 2.14. The predicted molar refractivity (Wildman–Crippen MR) is 70.2 cm³/mol. The number of benzene rings is 1. The standard InChI is InChI=1S/C12H12BrN3O/c13-9-4-3-8(10(14)6-11(15)17)12-7(9)2-1-5-16-12/h1-5,10H,6,14H2,(H2,15,17)/t10-/m1/s1. The van der Waals surface area contributed by atoms with E-state index in [1.165, 1.54) is 0 Å². The number of nitrogens with zero attached hydrogens (tertiary/aromatic N) is 1. The molecule has 2 aromatic rings. The van der Waals surface area contributed by atoms with E-state index in [4.69, 9.17) is 11.5 Å². The predicted octanol–water partition coefficient (Wildman–Crippen LogP) is 1.87. The highest BCUT2D eigenvalue weighted by molar-refractivity contribution is 9.10.